The van der Waals surface area contributed by atoms with Crippen LogP contribution in [0.4, 0.5) is 4.39 Å². The van der Waals surface area contributed by atoms with Crippen molar-refractivity contribution in [1.29, 1.82) is 0 Å². The summed E-state index contributed by atoms with van der Waals surface area (Å²) in [5.41, 5.74) is 0.531. The van der Waals surface area contributed by atoms with E-state index in [1.54, 1.807) is 16.8 Å². The number of hydrogen-bond donors (Lipinski definition) is 0. The average molecular weight is 505 g/mol. The molecule has 0 N–H and O–H groups in total. The SMILES string of the molecule is CC(C)(C)[Si](C)(C)OC[C@H](c1cc(F)cc(Br)c1)n1ccc(Br)cc1=O. The third-order valence-corrected chi connectivity index (χ3v) is 10.4. The summed E-state index contributed by atoms with van der Waals surface area (Å²) >= 11 is 6.66. The van der Waals surface area contributed by atoms with Gasteiger partial charge in [-0.1, -0.05) is 52.6 Å². The number of halogens is 3. The summed E-state index contributed by atoms with van der Waals surface area (Å²) in [5, 5.41) is 0.0464. The highest BCUT2D eigenvalue weighted by atomic mass is 79.9. The van der Waals surface area contributed by atoms with Gasteiger partial charge in [-0.25, -0.2) is 4.39 Å². The lowest BCUT2D eigenvalue weighted by Gasteiger charge is -2.37. The van der Waals surface area contributed by atoms with E-state index in [1.165, 1.54) is 18.2 Å². The van der Waals surface area contributed by atoms with Crippen molar-refractivity contribution < 1.29 is 8.82 Å². The molecule has 0 aliphatic rings. The summed E-state index contributed by atoms with van der Waals surface area (Å²) in [7, 11) is -2.02. The van der Waals surface area contributed by atoms with Gasteiger partial charge in [0.25, 0.3) is 5.56 Å². The highest BCUT2D eigenvalue weighted by Gasteiger charge is 2.38. The largest absolute Gasteiger partial charge is 0.414 e. The van der Waals surface area contributed by atoms with Crippen LogP contribution in [0.1, 0.15) is 32.4 Å². The van der Waals surface area contributed by atoms with Gasteiger partial charge in [0.2, 0.25) is 0 Å². The van der Waals surface area contributed by atoms with Crippen molar-refractivity contribution >= 4 is 40.2 Å². The van der Waals surface area contributed by atoms with Crippen LogP contribution >= 0.6 is 31.9 Å². The lowest BCUT2D eigenvalue weighted by Crippen LogP contribution is -2.43. The van der Waals surface area contributed by atoms with Crippen LogP contribution in [0, 0.1) is 5.82 Å². The molecule has 1 aromatic carbocycles. The number of benzene rings is 1. The highest BCUT2D eigenvalue weighted by molar-refractivity contribution is 9.10. The van der Waals surface area contributed by atoms with Crippen LogP contribution in [0.5, 0.6) is 0 Å². The second-order valence-corrected chi connectivity index (χ2v) is 14.5. The van der Waals surface area contributed by atoms with Crippen molar-refractivity contribution in [2.45, 2.75) is 44.9 Å². The Hall–Kier alpha value is -0.763. The molecule has 0 saturated heterocycles. The van der Waals surface area contributed by atoms with Crippen molar-refractivity contribution in [2.24, 2.45) is 0 Å². The molecule has 0 aliphatic heterocycles. The van der Waals surface area contributed by atoms with Gasteiger partial charge in [-0.3, -0.25) is 4.79 Å². The number of nitrogens with zero attached hydrogens (tertiary/aromatic N) is 1. The van der Waals surface area contributed by atoms with E-state index < -0.39 is 14.4 Å². The van der Waals surface area contributed by atoms with Gasteiger partial charge in [0, 0.05) is 21.2 Å². The fourth-order valence-electron chi connectivity index (χ4n) is 2.33. The van der Waals surface area contributed by atoms with Gasteiger partial charge in [0.05, 0.1) is 12.6 Å². The molecule has 0 spiro atoms. The summed E-state index contributed by atoms with van der Waals surface area (Å²) in [6.45, 7) is 11.1. The lowest BCUT2D eigenvalue weighted by atomic mass is 10.1. The van der Waals surface area contributed by atoms with E-state index in [0.717, 1.165) is 0 Å². The monoisotopic (exact) mass is 503 g/mol. The summed E-state index contributed by atoms with van der Waals surface area (Å²) in [4.78, 5) is 12.5. The molecular weight excluding hydrogens is 481 g/mol. The maximum absolute atomic E-state index is 14.0. The van der Waals surface area contributed by atoms with Crippen molar-refractivity contribution in [3.63, 3.8) is 0 Å². The molecule has 0 aliphatic carbocycles. The third-order valence-electron chi connectivity index (χ3n) is 4.92. The molecule has 142 valence electrons. The zero-order chi connectivity index (χ0) is 19.7. The van der Waals surface area contributed by atoms with E-state index in [0.29, 0.717) is 21.1 Å². The molecule has 2 aromatic rings. The van der Waals surface area contributed by atoms with Gasteiger partial charge in [-0.2, -0.15) is 0 Å². The Balaban J connectivity index is 2.47. The normalized spacial score (nSPS) is 13.7. The molecule has 0 radical (unpaired) electrons. The second kappa shape index (κ2) is 8.08. The maximum Gasteiger partial charge on any atom is 0.252 e. The summed E-state index contributed by atoms with van der Waals surface area (Å²) in [6.07, 6.45) is 1.71. The van der Waals surface area contributed by atoms with Crippen LogP contribution in [-0.4, -0.2) is 19.5 Å². The average Bonchev–Trinajstić information content (AvgIpc) is 2.47. The fourth-order valence-corrected chi connectivity index (χ4v) is 4.14. The zero-order valence-corrected chi connectivity index (χ0v) is 19.8. The quantitative estimate of drug-likeness (QED) is 0.459. The van der Waals surface area contributed by atoms with E-state index in [2.05, 4.69) is 65.7 Å². The van der Waals surface area contributed by atoms with Gasteiger partial charge in [0.1, 0.15) is 5.82 Å². The Bertz CT molecular complexity index is 826. The molecule has 26 heavy (non-hydrogen) atoms. The molecule has 2 rings (SSSR count). The second-order valence-electron chi connectivity index (χ2n) is 7.88. The van der Waals surface area contributed by atoms with E-state index in [1.807, 2.05) is 6.07 Å². The molecule has 0 bridgehead atoms. The Morgan fingerprint density at radius 2 is 1.81 bits per heavy atom. The predicted octanol–water partition coefficient (Wildman–Crippen LogP) is 6.12. The first-order chi connectivity index (χ1) is 11.9. The topological polar surface area (TPSA) is 31.2 Å². The Kier molecular flexibility index (Phi) is 6.70. The summed E-state index contributed by atoms with van der Waals surface area (Å²) < 4.78 is 23.3. The van der Waals surface area contributed by atoms with E-state index >= 15 is 0 Å². The first-order valence-corrected chi connectivity index (χ1v) is 12.9. The summed E-state index contributed by atoms with van der Waals surface area (Å²) in [5.74, 6) is -0.350. The first kappa shape index (κ1) is 21.5. The van der Waals surface area contributed by atoms with Crippen LogP contribution in [0.15, 0.2) is 50.3 Å². The molecule has 1 aromatic heterocycles. The van der Waals surface area contributed by atoms with Crippen molar-refractivity contribution in [3.8, 4) is 0 Å². The predicted molar refractivity (Wildman–Crippen MR) is 114 cm³/mol. The molecule has 0 saturated carbocycles. The molecule has 7 heteroatoms. The van der Waals surface area contributed by atoms with E-state index in [-0.39, 0.29) is 16.4 Å². The first-order valence-electron chi connectivity index (χ1n) is 8.38. The van der Waals surface area contributed by atoms with Crippen molar-refractivity contribution in [1.82, 2.24) is 4.57 Å². The molecule has 3 nitrogen and oxygen atoms in total. The van der Waals surface area contributed by atoms with E-state index in [4.69, 9.17) is 4.43 Å². The van der Waals surface area contributed by atoms with Crippen LogP contribution in [0.3, 0.4) is 0 Å². The van der Waals surface area contributed by atoms with Crippen molar-refractivity contribution in [2.75, 3.05) is 6.61 Å². The lowest BCUT2D eigenvalue weighted by molar-refractivity contribution is 0.245. The molecule has 1 atom stereocenters. The number of hydrogen-bond acceptors (Lipinski definition) is 2. The molecule has 0 unspecified atom stereocenters. The van der Waals surface area contributed by atoms with Gasteiger partial charge < -0.3 is 8.99 Å². The number of pyridine rings is 1. The maximum atomic E-state index is 14.0. The standard InChI is InChI=1S/C19H24Br2FNO2Si/c1-19(2,3)26(4,5)25-12-17(13-8-15(21)10-16(22)9-13)23-7-6-14(20)11-18(23)24/h6-11,17H,12H2,1-5H3/t17-/m1/s1. The van der Waals surface area contributed by atoms with Crippen LogP contribution < -0.4 is 5.56 Å². The Morgan fingerprint density at radius 3 is 2.35 bits per heavy atom. The number of rotatable bonds is 5. The van der Waals surface area contributed by atoms with Gasteiger partial charge >= 0.3 is 0 Å². The van der Waals surface area contributed by atoms with Crippen LogP contribution in [0.25, 0.3) is 0 Å². The van der Waals surface area contributed by atoms with Crippen LogP contribution in [0.2, 0.25) is 18.1 Å². The third kappa shape index (κ3) is 5.15. The van der Waals surface area contributed by atoms with Crippen LogP contribution in [-0.2, 0) is 4.43 Å². The highest BCUT2D eigenvalue weighted by Crippen LogP contribution is 2.37. The Labute approximate surface area is 172 Å². The molecular formula is C19H24Br2FNO2Si. The molecule has 1 heterocycles. The minimum atomic E-state index is -2.02. The zero-order valence-electron chi connectivity index (χ0n) is 15.6. The van der Waals surface area contributed by atoms with Gasteiger partial charge in [-0.05, 0) is 48.0 Å². The fraction of sp³-hybridized carbons (Fsp3) is 0.421. The van der Waals surface area contributed by atoms with Gasteiger partial charge in [-0.15, -0.1) is 0 Å². The molecule has 0 amide bonds. The minimum absolute atomic E-state index is 0.0464. The smallest absolute Gasteiger partial charge is 0.252 e. The Morgan fingerprint density at radius 1 is 1.15 bits per heavy atom. The van der Waals surface area contributed by atoms with E-state index in [9.17, 15) is 9.18 Å². The number of aromatic nitrogens is 1. The summed E-state index contributed by atoms with van der Waals surface area (Å²) in [6, 6.07) is 7.59. The minimum Gasteiger partial charge on any atom is -0.414 e. The van der Waals surface area contributed by atoms with Crippen molar-refractivity contribution in [3.05, 3.63) is 67.2 Å². The molecule has 0 fully saturated rings. The van der Waals surface area contributed by atoms with Gasteiger partial charge in [0.15, 0.2) is 8.32 Å².